The molecule has 1 unspecified atom stereocenters. The normalized spacial score (nSPS) is 18.9. The van der Waals surface area contributed by atoms with Gasteiger partial charge in [0.25, 0.3) is 0 Å². The molecule has 1 amide bonds. The summed E-state index contributed by atoms with van der Waals surface area (Å²) < 4.78 is 12.8. The van der Waals surface area contributed by atoms with E-state index in [1.807, 2.05) is 0 Å². The number of hydrogen-bond donors (Lipinski definition) is 0. The molecule has 1 aliphatic heterocycles. The zero-order chi connectivity index (χ0) is 13.8. The minimum absolute atomic E-state index is 0.0484. The van der Waals surface area contributed by atoms with Crippen molar-refractivity contribution < 1.29 is 14.0 Å². The highest BCUT2D eigenvalue weighted by Gasteiger charge is 2.28. The van der Waals surface area contributed by atoms with Crippen molar-refractivity contribution >= 4 is 11.7 Å². The Hall–Kier alpha value is -1.71. The van der Waals surface area contributed by atoms with Gasteiger partial charge in [-0.25, -0.2) is 4.39 Å². The fourth-order valence-electron chi connectivity index (χ4n) is 2.36. The first-order valence-corrected chi connectivity index (χ1v) is 6.66. The van der Waals surface area contributed by atoms with Crippen LogP contribution < -0.4 is 0 Å². The second-order valence-electron chi connectivity index (χ2n) is 5.00. The number of carbonyl (C=O) groups is 2. The molecule has 1 aromatic rings. The van der Waals surface area contributed by atoms with E-state index in [0.717, 1.165) is 13.0 Å². The van der Waals surface area contributed by atoms with Gasteiger partial charge in [-0.15, -0.1) is 0 Å². The van der Waals surface area contributed by atoms with Crippen LogP contribution in [0.25, 0.3) is 0 Å². The molecule has 0 spiro atoms. The largest absolute Gasteiger partial charge is 0.342 e. The van der Waals surface area contributed by atoms with E-state index in [9.17, 15) is 14.0 Å². The number of rotatable bonds is 5. The highest BCUT2D eigenvalue weighted by atomic mass is 19.1. The summed E-state index contributed by atoms with van der Waals surface area (Å²) in [7, 11) is 0. The Balaban J connectivity index is 1.87. The second-order valence-corrected chi connectivity index (χ2v) is 5.00. The highest BCUT2D eigenvalue weighted by molar-refractivity contribution is 5.96. The number of hydrogen-bond acceptors (Lipinski definition) is 2. The first-order valence-electron chi connectivity index (χ1n) is 6.66. The predicted octanol–water partition coefficient (Wildman–Crippen LogP) is 2.66. The van der Waals surface area contributed by atoms with Crippen LogP contribution >= 0.6 is 0 Å². The number of carbonyl (C=O) groups excluding carboxylic acids is 2. The third kappa shape index (κ3) is 3.40. The van der Waals surface area contributed by atoms with Crippen molar-refractivity contribution in [3.8, 4) is 0 Å². The van der Waals surface area contributed by atoms with Gasteiger partial charge in [-0.3, -0.25) is 9.59 Å². The Labute approximate surface area is 112 Å². The van der Waals surface area contributed by atoms with E-state index in [4.69, 9.17) is 0 Å². The summed E-state index contributed by atoms with van der Waals surface area (Å²) in [5.41, 5.74) is 0.500. The summed E-state index contributed by atoms with van der Waals surface area (Å²) in [6.07, 6.45) is 1.89. The summed E-state index contributed by atoms with van der Waals surface area (Å²) in [5.74, 6) is 0.164. The molecule has 1 atom stereocenters. The molecule has 0 aromatic heterocycles. The summed E-state index contributed by atoms with van der Waals surface area (Å²) in [4.78, 5) is 25.4. The second kappa shape index (κ2) is 5.95. The van der Waals surface area contributed by atoms with Gasteiger partial charge in [-0.2, -0.15) is 0 Å². The monoisotopic (exact) mass is 263 g/mol. The molecule has 2 rings (SSSR count). The van der Waals surface area contributed by atoms with Crippen LogP contribution in [0.5, 0.6) is 0 Å². The maximum Gasteiger partial charge on any atom is 0.222 e. The molecule has 0 aliphatic carbocycles. The maximum atomic E-state index is 12.8. The van der Waals surface area contributed by atoms with Crippen LogP contribution in [0.3, 0.4) is 0 Å². The lowest BCUT2D eigenvalue weighted by Crippen LogP contribution is -2.27. The minimum Gasteiger partial charge on any atom is -0.342 e. The Morgan fingerprint density at radius 2 is 2.05 bits per heavy atom. The van der Waals surface area contributed by atoms with Gasteiger partial charge in [0.2, 0.25) is 5.91 Å². The minimum atomic E-state index is -0.350. The molecule has 0 bridgehead atoms. The predicted molar refractivity (Wildman–Crippen MR) is 70.3 cm³/mol. The molecule has 1 aromatic carbocycles. The number of halogens is 1. The van der Waals surface area contributed by atoms with Crippen LogP contribution in [0, 0.1) is 11.7 Å². The molecule has 3 nitrogen and oxygen atoms in total. The van der Waals surface area contributed by atoms with Gasteiger partial charge in [0, 0.05) is 31.5 Å². The van der Waals surface area contributed by atoms with Gasteiger partial charge >= 0.3 is 0 Å². The summed E-state index contributed by atoms with van der Waals surface area (Å²) in [6.45, 7) is 3.29. The van der Waals surface area contributed by atoms with Crippen molar-refractivity contribution in [1.82, 2.24) is 4.90 Å². The molecule has 0 saturated carbocycles. The van der Waals surface area contributed by atoms with E-state index in [2.05, 4.69) is 6.92 Å². The van der Waals surface area contributed by atoms with E-state index in [0.29, 0.717) is 30.9 Å². The SMILES string of the molecule is CCC1CC(=O)N(CCC(=O)c2ccc(F)cc2)C1. The molecular formula is C15H18FNO2. The van der Waals surface area contributed by atoms with Crippen molar-refractivity contribution in [3.05, 3.63) is 35.6 Å². The fraction of sp³-hybridized carbons (Fsp3) is 0.467. The standard InChI is InChI=1S/C15H18FNO2/c1-2-11-9-15(19)17(10-11)8-7-14(18)12-3-5-13(16)6-4-12/h3-6,11H,2,7-10H2,1H3. The molecule has 0 radical (unpaired) electrons. The average molecular weight is 263 g/mol. The zero-order valence-corrected chi connectivity index (χ0v) is 11.1. The van der Waals surface area contributed by atoms with Crippen molar-refractivity contribution in [2.75, 3.05) is 13.1 Å². The summed E-state index contributed by atoms with van der Waals surface area (Å²) >= 11 is 0. The van der Waals surface area contributed by atoms with Crippen molar-refractivity contribution in [2.45, 2.75) is 26.2 Å². The maximum absolute atomic E-state index is 12.8. The summed E-state index contributed by atoms with van der Waals surface area (Å²) in [6, 6.07) is 5.53. The molecule has 1 saturated heterocycles. The molecule has 19 heavy (non-hydrogen) atoms. The quantitative estimate of drug-likeness (QED) is 0.766. The van der Waals surface area contributed by atoms with Crippen molar-refractivity contribution in [2.24, 2.45) is 5.92 Å². The van der Waals surface area contributed by atoms with E-state index in [-0.39, 0.29) is 17.5 Å². The van der Waals surface area contributed by atoms with Gasteiger partial charge < -0.3 is 4.90 Å². The number of ketones is 1. The topological polar surface area (TPSA) is 37.4 Å². The Morgan fingerprint density at radius 3 is 2.63 bits per heavy atom. The Bertz CT molecular complexity index is 470. The van der Waals surface area contributed by atoms with E-state index < -0.39 is 0 Å². The van der Waals surface area contributed by atoms with Crippen LogP contribution in [-0.2, 0) is 4.79 Å². The molecule has 0 N–H and O–H groups in total. The number of nitrogens with zero attached hydrogens (tertiary/aromatic N) is 1. The van der Waals surface area contributed by atoms with Gasteiger partial charge in [0.05, 0.1) is 0 Å². The average Bonchev–Trinajstić information content (AvgIpc) is 2.77. The molecule has 1 aliphatic rings. The molecule has 1 fully saturated rings. The van der Waals surface area contributed by atoms with Crippen molar-refractivity contribution in [3.63, 3.8) is 0 Å². The van der Waals surface area contributed by atoms with Crippen LogP contribution in [-0.4, -0.2) is 29.7 Å². The van der Waals surface area contributed by atoms with Gasteiger partial charge in [-0.1, -0.05) is 13.3 Å². The first kappa shape index (κ1) is 13.7. The zero-order valence-electron chi connectivity index (χ0n) is 11.1. The van der Waals surface area contributed by atoms with Gasteiger partial charge in [0.1, 0.15) is 5.82 Å². The number of amides is 1. The molecular weight excluding hydrogens is 245 g/mol. The third-order valence-electron chi connectivity index (χ3n) is 3.65. The van der Waals surface area contributed by atoms with Crippen LogP contribution in [0.2, 0.25) is 0 Å². The molecule has 4 heteroatoms. The van der Waals surface area contributed by atoms with E-state index in [1.165, 1.54) is 24.3 Å². The lowest BCUT2D eigenvalue weighted by atomic mass is 10.1. The lowest BCUT2D eigenvalue weighted by Gasteiger charge is -2.15. The Kier molecular flexibility index (Phi) is 4.30. The number of Topliss-reactive ketones (excluding diaryl/α,β-unsaturated/α-hetero) is 1. The Morgan fingerprint density at radius 1 is 1.37 bits per heavy atom. The molecule has 1 heterocycles. The van der Waals surface area contributed by atoms with Gasteiger partial charge in [0.15, 0.2) is 5.78 Å². The van der Waals surface area contributed by atoms with E-state index in [1.54, 1.807) is 4.90 Å². The number of benzene rings is 1. The third-order valence-corrected chi connectivity index (χ3v) is 3.65. The fourth-order valence-corrected chi connectivity index (χ4v) is 2.36. The van der Waals surface area contributed by atoms with Crippen LogP contribution in [0.4, 0.5) is 4.39 Å². The highest BCUT2D eigenvalue weighted by Crippen LogP contribution is 2.20. The smallest absolute Gasteiger partial charge is 0.222 e. The van der Waals surface area contributed by atoms with Gasteiger partial charge in [-0.05, 0) is 30.2 Å². The summed E-state index contributed by atoms with van der Waals surface area (Å²) in [5, 5.41) is 0. The van der Waals surface area contributed by atoms with Crippen LogP contribution in [0.1, 0.15) is 36.5 Å². The van der Waals surface area contributed by atoms with Crippen molar-refractivity contribution in [1.29, 1.82) is 0 Å². The number of likely N-dealkylation sites (tertiary alicyclic amines) is 1. The van der Waals surface area contributed by atoms with Crippen LogP contribution in [0.15, 0.2) is 24.3 Å². The first-order chi connectivity index (χ1) is 9.10. The lowest BCUT2D eigenvalue weighted by molar-refractivity contribution is -0.127. The molecule has 102 valence electrons. The van der Waals surface area contributed by atoms with E-state index >= 15 is 0 Å².